The molecule has 0 spiro atoms. The van der Waals surface area contributed by atoms with E-state index in [1.807, 2.05) is 19.1 Å². The third kappa shape index (κ3) is 4.66. The summed E-state index contributed by atoms with van der Waals surface area (Å²) >= 11 is 0. The van der Waals surface area contributed by atoms with Gasteiger partial charge in [-0.05, 0) is 85.1 Å². The van der Waals surface area contributed by atoms with Gasteiger partial charge >= 0.3 is 0 Å². The first kappa shape index (κ1) is 22.0. The second-order valence-electron chi connectivity index (χ2n) is 7.44. The molecule has 0 fully saturated rings. The molecule has 0 saturated carbocycles. The van der Waals surface area contributed by atoms with Crippen molar-refractivity contribution in [2.24, 2.45) is 0 Å². The Bertz CT molecular complexity index is 1230. The quantitative estimate of drug-likeness (QED) is 0.605. The highest BCUT2D eigenvalue weighted by atomic mass is 32.2. The van der Waals surface area contributed by atoms with Crippen molar-refractivity contribution >= 4 is 21.6 Å². The van der Waals surface area contributed by atoms with Crippen molar-refractivity contribution in [1.29, 1.82) is 0 Å². The second kappa shape index (κ2) is 9.10. The monoisotopic (exact) mass is 454 g/mol. The van der Waals surface area contributed by atoms with Crippen LogP contribution in [0.4, 0.5) is 10.1 Å². The molecular weight excluding hydrogens is 431 g/mol. The second-order valence-corrected chi connectivity index (χ2v) is 9.38. The Morgan fingerprint density at radius 1 is 1.03 bits per heavy atom. The Balaban J connectivity index is 1.50. The van der Waals surface area contributed by atoms with Gasteiger partial charge in [-0.3, -0.25) is 4.79 Å². The van der Waals surface area contributed by atoms with E-state index in [2.05, 4.69) is 5.32 Å². The van der Waals surface area contributed by atoms with Gasteiger partial charge in [0.1, 0.15) is 11.6 Å². The fraction of sp³-hybridized carbons (Fsp3) is 0.208. The summed E-state index contributed by atoms with van der Waals surface area (Å²) in [5, 5.41) is 2.86. The van der Waals surface area contributed by atoms with E-state index in [1.54, 1.807) is 30.3 Å². The van der Waals surface area contributed by atoms with Crippen molar-refractivity contribution in [3.05, 3.63) is 89.2 Å². The predicted octanol–water partition coefficient (Wildman–Crippen LogP) is 4.22. The summed E-state index contributed by atoms with van der Waals surface area (Å²) in [6, 6.07) is 17.2. The van der Waals surface area contributed by atoms with Gasteiger partial charge in [-0.15, -0.1) is 0 Å². The molecular formula is C24H23FN2O4S. The van der Waals surface area contributed by atoms with E-state index >= 15 is 0 Å². The normalized spacial score (nSPS) is 13.9. The van der Waals surface area contributed by atoms with E-state index in [-0.39, 0.29) is 17.3 Å². The first-order valence-electron chi connectivity index (χ1n) is 10.3. The molecule has 0 atom stereocenters. The van der Waals surface area contributed by atoms with Crippen LogP contribution in [0.5, 0.6) is 5.75 Å². The van der Waals surface area contributed by atoms with E-state index in [0.717, 1.165) is 23.3 Å². The lowest BCUT2D eigenvalue weighted by molar-refractivity contribution is 0.102. The molecule has 1 heterocycles. The third-order valence-corrected chi connectivity index (χ3v) is 7.18. The summed E-state index contributed by atoms with van der Waals surface area (Å²) in [6.07, 6.45) is 0.558. The molecule has 0 unspecified atom stereocenters. The molecule has 0 saturated heterocycles. The van der Waals surface area contributed by atoms with Crippen LogP contribution in [0, 0.1) is 5.82 Å². The van der Waals surface area contributed by atoms with Crippen molar-refractivity contribution in [2.45, 2.75) is 24.8 Å². The van der Waals surface area contributed by atoms with Crippen LogP contribution in [0.2, 0.25) is 0 Å². The number of nitrogens with one attached hydrogen (secondary N) is 1. The van der Waals surface area contributed by atoms with E-state index in [0.29, 0.717) is 36.6 Å². The maximum atomic E-state index is 13.2. The maximum absolute atomic E-state index is 13.2. The number of hydrogen-bond donors (Lipinski definition) is 1. The van der Waals surface area contributed by atoms with Crippen LogP contribution in [0.3, 0.4) is 0 Å². The zero-order valence-corrected chi connectivity index (χ0v) is 18.4. The lowest BCUT2D eigenvalue weighted by Gasteiger charge is -2.28. The molecule has 8 heteroatoms. The standard InChI is InChI=1S/C24H23FN2O4S/c1-2-31-22-9-4-18(5-10-22)24(28)26-21-8-3-17-13-14-27(16-19(17)15-21)32(29,30)23-11-6-20(25)7-12-23/h3-12,15H,2,13-14,16H2,1H3,(H,26,28). The molecule has 32 heavy (non-hydrogen) atoms. The van der Waals surface area contributed by atoms with Crippen LogP contribution in [-0.4, -0.2) is 31.8 Å². The molecule has 166 valence electrons. The summed E-state index contributed by atoms with van der Waals surface area (Å²) in [7, 11) is -3.74. The number of anilines is 1. The highest BCUT2D eigenvalue weighted by Gasteiger charge is 2.28. The fourth-order valence-corrected chi connectivity index (χ4v) is 5.06. The van der Waals surface area contributed by atoms with E-state index in [9.17, 15) is 17.6 Å². The Morgan fingerprint density at radius 3 is 2.44 bits per heavy atom. The smallest absolute Gasteiger partial charge is 0.255 e. The van der Waals surface area contributed by atoms with Crippen molar-refractivity contribution in [1.82, 2.24) is 4.31 Å². The molecule has 0 aromatic heterocycles. The molecule has 3 aromatic rings. The number of hydrogen-bond acceptors (Lipinski definition) is 4. The molecule has 1 aliphatic rings. The number of benzene rings is 3. The summed E-state index contributed by atoms with van der Waals surface area (Å²) in [5.41, 5.74) is 2.94. The zero-order valence-electron chi connectivity index (χ0n) is 17.5. The Morgan fingerprint density at radius 2 is 1.75 bits per heavy atom. The summed E-state index contributed by atoms with van der Waals surface area (Å²) in [4.78, 5) is 12.7. The number of nitrogens with zero attached hydrogens (tertiary/aromatic N) is 1. The minimum absolute atomic E-state index is 0.0577. The number of carbonyl (C=O) groups excluding carboxylic acids is 1. The maximum Gasteiger partial charge on any atom is 0.255 e. The lowest BCUT2D eigenvalue weighted by atomic mass is 10.0. The van der Waals surface area contributed by atoms with E-state index < -0.39 is 15.8 Å². The Kier molecular flexibility index (Phi) is 6.25. The SMILES string of the molecule is CCOc1ccc(C(=O)Nc2ccc3c(c2)CN(S(=O)(=O)c2ccc(F)cc2)CC3)cc1. The minimum Gasteiger partial charge on any atom is -0.494 e. The van der Waals surface area contributed by atoms with Gasteiger partial charge in [0.05, 0.1) is 11.5 Å². The Hall–Kier alpha value is -3.23. The van der Waals surface area contributed by atoms with Gasteiger partial charge < -0.3 is 10.1 Å². The molecule has 1 N–H and O–H groups in total. The summed E-state index contributed by atoms with van der Waals surface area (Å²) in [5.74, 6) is -0.0549. The molecule has 6 nitrogen and oxygen atoms in total. The van der Waals surface area contributed by atoms with Crippen LogP contribution in [0.15, 0.2) is 71.6 Å². The molecule has 0 bridgehead atoms. The molecule has 4 rings (SSSR count). The third-order valence-electron chi connectivity index (χ3n) is 5.32. The van der Waals surface area contributed by atoms with Crippen molar-refractivity contribution < 1.29 is 22.3 Å². The number of carbonyl (C=O) groups is 1. The van der Waals surface area contributed by atoms with Gasteiger partial charge in [0.15, 0.2) is 0 Å². The van der Waals surface area contributed by atoms with Gasteiger partial charge in [0, 0.05) is 24.3 Å². The molecule has 0 radical (unpaired) electrons. The van der Waals surface area contributed by atoms with Gasteiger partial charge in [0.2, 0.25) is 10.0 Å². The van der Waals surface area contributed by atoms with Crippen molar-refractivity contribution in [3.63, 3.8) is 0 Å². The average Bonchev–Trinajstić information content (AvgIpc) is 2.79. The number of ether oxygens (including phenoxy) is 1. The van der Waals surface area contributed by atoms with Crippen LogP contribution >= 0.6 is 0 Å². The predicted molar refractivity (Wildman–Crippen MR) is 120 cm³/mol. The van der Waals surface area contributed by atoms with Crippen LogP contribution in [0.1, 0.15) is 28.4 Å². The first-order valence-corrected chi connectivity index (χ1v) is 11.7. The number of sulfonamides is 1. The lowest BCUT2D eigenvalue weighted by Crippen LogP contribution is -2.36. The highest BCUT2D eigenvalue weighted by molar-refractivity contribution is 7.89. The number of fused-ring (bicyclic) bond motifs is 1. The fourth-order valence-electron chi connectivity index (χ4n) is 3.64. The van der Waals surface area contributed by atoms with Gasteiger partial charge in [0.25, 0.3) is 5.91 Å². The van der Waals surface area contributed by atoms with Gasteiger partial charge in [-0.25, -0.2) is 12.8 Å². The van der Waals surface area contributed by atoms with Gasteiger partial charge in [-0.1, -0.05) is 6.07 Å². The summed E-state index contributed by atoms with van der Waals surface area (Å²) < 4.78 is 45.9. The van der Waals surface area contributed by atoms with E-state index in [1.165, 1.54) is 16.4 Å². The Labute approximate surface area is 186 Å². The largest absolute Gasteiger partial charge is 0.494 e. The molecule has 1 aliphatic heterocycles. The molecule has 3 aromatic carbocycles. The molecule has 1 amide bonds. The first-order chi connectivity index (χ1) is 15.4. The summed E-state index contributed by atoms with van der Waals surface area (Å²) in [6.45, 7) is 2.96. The van der Waals surface area contributed by atoms with E-state index in [4.69, 9.17) is 4.74 Å². The van der Waals surface area contributed by atoms with Gasteiger partial charge in [-0.2, -0.15) is 4.31 Å². The van der Waals surface area contributed by atoms with Crippen molar-refractivity contribution in [2.75, 3.05) is 18.5 Å². The van der Waals surface area contributed by atoms with Crippen molar-refractivity contribution in [3.8, 4) is 5.75 Å². The number of rotatable bonds is 6. The number of amides is 1. The number of halogens is 1. The minimum atomic E-state index is -3.74. The average molecular weight is 455 g/mol. The molecule has 0 aliphatic carbocycles. The van der Waals surface area contributed by atoms with Crippen LogP contribution < -0.4 is 10.1 Å². The highest BCUT2D eigenvalue weighted by Crippen LogP contribution is 2.27. The van der Waals surface area contributed by atoms with Crippen LogP contribution in [0.25, 0.3) is 0 Å². The van der Waals surface area contributed by atoms with Crippen LogP contribution in [-0.2, 0) is 23.0 Å². The topological polar surface area (TPSA) is 75.7 Å². The zero-order chi connectivity index (χ0) is 22.7.